The summed E-state index contributed by atoms with van der Waals surface area (Å²) in [4.78, 5) is 16.4. The number of amides is 1. The van der Waals surface area contributed by atoms with E-state index < -0.39 is 0 Å². The van der Waals surface area contributed by atoms with Crippen molar-refractivity contribution < 1.29 is 9.18 Å². The van der Waals surface area contributed by atoms with Crippen LogP contribution in [0.15, 0.2) is 30.6 Å². The SMILES string of the molecule is Cc1nccn1-c1ccc(CNC(=O)CC2CC3CCC(C2)N3)cc1F.Cl.Cl. The van der Waals surface area contributed by atoms with Crippen molar-refractivity contribution in [1.29, 1.82) is 0 Å². The van der Waals surface area contributed by atoms with Crippen LogP contribution in [0.5, 0.6) is 0 Å². The van der Waals surface area contributed by atoms with E-state index in [0.717, 1.165) is 24.2 Å². The summed E-state index contributed by atoms with van der Waals surface area (Å²) in [5.74, 6) is 0.956. The number of imidazole rings is 1. The Morgan fingerprint density at radius 1 is 1.29 bits per heavy atom. The monoisotopic (exact) mass is 428 g/mol. The molecule has 0 aliphatic carbocycles. The molecule has 0 spiro atoms. The molecule has 5 nitrogen and oxygen atoms in total. The predicted molar refractivity (Wildman–Crippen MR) is 112 cm³/mol. The molecule has 2 aliphatic heterocycles. The normalized spacial score (nSPS) is 22.9. The quantitative estimate of drug-likeness (QED) is 0.762. The Bertz CT molecular complexity index is 801. The number of carbonyl (C=O) groups excluding carboxylic acids is 1. The molecule has 1 amide bonds. The summed E-state index contributed by atoms with van der Waals surface area (Å²) in [6, 6.07) is 6.26. The minimum Gasteiger partial charge on any atom is -0.352 e. The van der Waals surface area contributed by atoms with E-state index in [1.54, 1.807) is 23.0 Å². The second-order valence-corrected chi connectivity index (χ2v) is 7.59. The van der Waals surface area contributed by atoms with E-state index in [-0.39, 0.29) is 36.5 Å². The van der Waals surface area contributed by atoms with Crippen LogP contribution < -0.4 is 10.6 Å². The summed E-state index contributed by atoms with van der Waals surface area (Å²) in [5, 5.41) is 6.54. The third-order valence-corrected chi connectivity index (χ3v) is 5.63. The zero-order chi connectivity index (χ0) is 18.1. The molecule has 2 bridgehead atoms. The number of halogens is 3. The first kappa shape index (κ1) is 22.7. The Labute approximate surface area is 177 Å². The number of rotatable bonds is 5. The number of aromatic nitrogens is 2. The van der Waals surface area contributed by atoms with Gasteiger partial charge in [-0.1, -0.05) is 6.07 Å². The van der Waals surface area contributed by atoms with Crippen LogP contribution in [0.2, 0.25) is 0 Å². The molecule has 2 fully saturated rings. The first-order valence-electron chi connectivity index (χ1n) is 9.40. The number of fused-ring (bicyclic) bond motifs is 2. The van der Waals surface area contributed by atoms with Crippen LogP contribution in [0.25, 0.3) is 5.69 Å². The highest BCUT2D eigenvalue weighted by atomic mass is 35.5. The molecule has 1 aromatic carbocycles. The number of nitrogens with one attached hydrogen (secondary N) is 2. The lowest BCUT2D eigenvalue weighted by atomic mass is 9.89. The molecule has 3 heterocycles. The van der Waals surface area contributed by atoms with Crippen LogP contribution >= 0.6 is 24.8 Å². The average molecular weight is 429 g/mol. The van der Waals surface area contributed by atoms with Gasteiger partial charge in [-0.3, -0.25) is 4.79 Å². The lowest BCUT2D eigenvalue weighted by Crippen LogP contribution is -2.39. The Balaban J connectivity index is 0.00000140. The number of carbonyl (C=O) groups is 1. The van der Waals surface area contributed by atoms with Gasteiger partial charge < -0.3 is 15.2 Å². The molecule has 2 unspecified atom stereocenters. The first-order valence-corrected chi connectivity index (χ1v) is 9.40. The van der Waals surface area contributed by atoms with Crippen LogP contribution in [0.3, 0.4) is 0 Å². The molecular weight excluding hydrogens is 402 g/mol. The van der Waals surface area contributed by atoms with Gasteiger partial charge >= 0.3 is 0 Å². The van der Waals surface area contributed by atoms with Gasteiger partial charge in [0.25, 0.3) is 0 Å². The van der Waals surface area contributed by atoms with Crippen molar-refractivity contribution in [2.24, 2.45) is 5.92 Å². The molecule has 2 aromatic rings. The lowest BCUT2D eigenvalue weighted by Gasteiger charge is -2.28. The van der Waals surface area contributed by atoms with Gasteiger partial charge in [0.15, 0.2) is 0 Å². The topological polar surface area (TPSA) is 59.0 Å². The number of aryl methyl sites for hydroxylation is 1. The molecular formula is C20H27Cl2FN4O. The van der Waals surface area contributed by atoms with Gasteiger partial charge in [0.05, 0.1) is 5.69 Å². The fourth-order valence-electron chi connectivity index (χ4n) is 4.37. The van der Waals surface area contributed by atoms with Gasteiger partial charge in [-0.2, -0.15) is 0 Å². The molecule has 2 saturated heterocycles. The fourth-order valence-corrected chi connectivity index (χ4v) is 4.37. The third-order valence-electron chi connectivity index (χ3n) is 5.63. The molecule has 8 heteroatoms. The van der Waals surface area contributed by atoms with Crippen molar-refractivity contribution in [1.82, 2.24) is 20.2 Å². The minimum atomic E-state index is -0.312. The average Bonchev–Trinajstić information content (AvgIpc) is 3.18. The maximum atomic E-state index is 14.4. The van der Waals surface area contributed by atoms with Gasteiger partial charge in [0, 0.05) is 37.4 Å². The van der Waals surface area contributed by atoms with Gasteiger partial charge in [0.2, 0.25) is 5.91 Å². The van der Waals surface area contributed by atoms with Crippen LogP contribution in [0, 0.1) is 18.7 Å². The summed E-state index contributed by atoms with van der Waals surface area (Å²) < 4.78 is 16.1. The summed E-state index contributed by atoms with van der Waals surface area (Å²) >= 11 is 0. The van der Waals surface area contributed by atoms with Crippen molar-refractivity contribution in [2.75, 3.05) is 0 Å². The highest BCUT2D eigenvalue weighted by Gasteiger charge is 2.34. The summed E-state index contributed by atoms with van der Waals surface area (Å²) in [6.07, 6.45) is 8.63. The molecule has 4 rings (SSSR count). The van der Waals surface area contributed by atoms with Crippen molar-refractivity contribution in [2.45, 2.75) is 57.7 Å². The number of piperidine rings is 1. The highest BCUT2D eigenvalue weighted by Crippen LogP contribution is 2.32. The smallest absolute Gasteiger partial charge is 0.220 e. The van der Waals surface area contributed by atoms with E-state index in [0.29, 0.717) is 36.7 Å². The van der Waals surface area contributed by atoms with Crippen molar-refractivity contribution >= 4 is 30.7 Å². The lowest BCUT2D eigenvalue weighted by molar-refractivity contribution is -0.122. The Morgan fingerprint density at radius 3 is 2.61 bits per heavy atom. The molecule has 1 aromatic heterocycles. The van der Waals surface area contributed by atoms with Crippen LogP contribution in [0.4, 0.5) is 4.39 Å². The van der Waals surface area contributed by atoms with E-state index in [4.69, 9.17) is 0 Å². The largest absolute Gasteiger partial charge is 0.352 e. The Kier molecular flexibility index (Phi) is 7.87. The fraction of sp³-hybridized carbons (Fsp3) is 0.500. The molecule has 0 saturated carbocycles. The molecule has 2 atom stereocenters. The number of nitrogens with zero attached hydrogens (tertiary/aromatic N) is 2. The third kappa shape index (κ3) is 5.04. The predicted octanol–water partition coefficient (Wildman–Crippen LogP) is 3.70. The Hall–Kier alpha value is -1.63. The standard InChI is InChI=1S/C20H25FN4O.2ClH/c1-13-22-6-7-25(13)19-5-2-14(10-18(19)21)12-23-20(26)11-15-8-16-3-4-17(9-15)24-16;;/h2,5-7,10,15-17,24H,3-4,8-9,11-12H2,1H3,(H,23,26);2*1H. The summed E-state index contributed by atoms with van der Waals surface area (Å²) in [6.45, 7) is 2.19. The summed E-state index contributed by atoms with van der Waals surface area (Å²) in [5.41, 5.74) is 1.24. The van der Waals surface area contributed by atoms with Gasteiger partial charge in [0.1, 0.15) is 11.6 Å². The Morgan fingerprint density at radius 2 is 2.00 bits per heavy atom. The van der Waals surface area contributed by atoms with Gasteiger partial charge in [-0.05, 0) is 56.2 Å². The van der Waals surface area contributed by atoms with Crippen LogP contribution in [-0.2, 0) is 11.3 Å². The second kappa shape index (κ2) is 9.72. The second-order valence-electron chi connectivity index (χ2n) is 7.59. The molecule has 0 radical (unpaired) electrons. The molecule has 2 N–H and O–H groups in total. The molecule has 154 valence electrons. The first-order chi connectivity index (χ1) is 12.6. The van der Waals surface area contributed by atoms with Crippen molar-refractivity contribution in [3.05, 3.63) is 47.8 Å². The number of benzene rings is 1. The van der Waals surface area contributed by atoms with E-state index in [9.17, 15) is 9.18 Å². The van der Waals surface area contributed by atoms with Crippen LogP contribution in [0.1, 0.15) is 43.5 Å². The maximum Gasteiger partial charge on any atom is 0.220 e. The van der Waals surface area contributed by atoms with Crippen molar-refractivity contribution in [3.8, 4) is 5.69 Å². The number of hydrogen-bond donors (Lipinski definition) is 2. The molecule has 28 heavy (non-hydrogen) atoms. The van der Waals surface area contributed by atoms with Gasteiger partial charge in [-0.25, -0.2) is 9.37 Å². The van der Waals surface area contributed by atoms with E-state index in [1.807, 2.05) is 13.0 Å². The maximum absolute atomic E-state index is 14.4. The summed E-state index contributed by atoms with van der Waals surface area (Å²) in [7, 11) is 0. The minimum absolute atomic E-state index is 0. The van der Waals surface area contributed by atoms with Gasteiger partial charge in [-0.15, -0.1) is 24.8 Å². The zero-order valence-electron chi connectivity index (χ0n) is 15.9. The van der Waals surface area contributed by atoms with E-state index >= 15 is 0 Å². The van der Waals surface area contributed by atoms with Crippen LogP contribution in [-0.4, -0.2) is 27.5 Å². The number of hydrogen-bond acceptors (Lipinski definition) is 3. The zero-order valence-corrected chi connectivity index (χ0v) is 17.5. The highest BCUT2D eigenvalue weighted by molar-refractivity contribution is 5.85. The van der Waals surface area contributed by atoms with E-state index in [1.165, 1.54) is 18.9 Å². The van der Waals surface area contributed by atoms with E-state index in [2.05, 4.69) is 15.6 Å². The molecule has 2 aliphatic rings. The van der Waals surface area contributed by atoms with Crippen molar-refractivity contribution in [3.63, 3.8) is 0 Å².